The van der Waals surface area contributed by atoms with Crippen LogP contribution in [-0.4, -0.2) is 70.9 Å². The third-order valence-electron chi connectivity index (χ3n) is 5.21. The van der Waals surface area contributed by atoms with Gasteiger partial charge in [-0.1, -0.05) is 12.1 Å². The van der Waals surface area contributed by atoms with Crippen LogP contribution in [0.5, 0.6) is 17.2 Å². The lowest BCUT2D eigenvalue weighted by Crippen LogP contribution is -2.47. The second-order valence-corrected chi connectivity index (χ2v) is 7.17. The van der Waals surface area contributed by atoms with Crippen LogP contribution in [0.4, 0.5) is 5.69 Å². The minimum absolute atomic E-state index is 0.0130. The van der Waals surface area contributed by atoms with Crippen molar-refractivity contribution in [2.75, 3.05) is 65.0 Å². The van der Waals surface area contributed by atoms with Gasteiger partial charge in [-0.25, -0.2) is 0 Å². The smallest absolute Gasteiger partial charge is 0.257 e. The Morgan fingerprint density at radius 2 is 1.63 bits per heavy atom. The fraction of sp³-hybridized carbons (Fsp3) is 0.435. The van der Waals surface area contributed by atoms with E-state index in [-0.39, 0.29) is 12.5 Å². The third-order valence-corrected chi connectivity index (χ3v) is 5.21. The summed E-state index contributed by atoms with van der Waals surface area (Å²) in [5, 5.41) is 2.92. The van der Waals surface area contributed by atoms with Crippen LogP contribution >= 0.6 is 0 Å². The molecule has 1 aliphatic heterocycles. The lowest BCUT2D eigenvalue weighted by Gasteiger charge is -2.36. The second-order valence-electron chi connectivity index (χ2n) is 7.17. The van der Waals surface area contributed by atoms with Crippen molar-refractivity contribution in [3.8, 4) is 17.2 Å². The summed E-state index contributed by atoms with van der Waals surface area (Å²) < 4.78 is 16.0. The standard InChI is InChI=1S/C23H31N3O4/c1-28-20-10-8-19(9-11-20)26-16-14-25(15-17-26)13-5-12-24-23(27)18-30-22-7-4-3-6-21(22)29-2/h3-4,6-11H,5,12-18H2,1-2H3,(H,24,27). The Bertz CT molecular complexity index is 789. The first-order valence-electron chi connectivity index (χ1n) is 10.3. The highest BCUT2D eigenvalue weighted by molar-refractivity contribution is 5.77. The molecule has 7 nitrogen and oxygen atoms in total. The van der Waals surface area contributed by atoms with E-state index < -0.39 is 0 Å². The Labute approximate surface area is 178 Å². The Morgan fingerprint density at radius 1 is 0.933 bits per heavy atom. The molecule has 1 saturated heterocycles. The number of ether oxygens (including phenoxy) is 3. The van der Waals surface area contributed by atoms with E-state index in [2.05, 4.69) is 27.2 Å². The van der Waals surface area contributed by atoms with Gasteiger partial charge in [-0.15, -0.1) is 0 Å². The van der Waals surface area contributed by atoms with E-state index in [1.807, 2.05) is 30.3 Å². The fourth-order valence-corrected chi connectivity index (χ4v) is 3.49. The minimum Gasteiger partial charge on any atom is -0.497 e. The van der Waals surface area contributed by atoms with Crippen LogP contribution in [0.15, 0.2) is 48.5 Å². The van der Waals surface area contributed by atoms with Gasteiger partial charge in [0.05, 0.1) is 14.2 Å². The Kier molecular flexibility index (Phi) is 8.20. The summed E-state index contributed by atoms with van der Waals surface area (Å²) >= 11 is 0. The van der Waals surface area contributed by atoms with Gasteiger partial charge in [0, 0.05) is 38.4 Å². The molecule has 0 atom stereocenters. The molecule has 0 saturated carbocycles. The maximum atomic E-state index is 12.0. The Balaban J connectivity index is 1.29. The molecule has 3 rings (SSSR count). The first kappa shape index (κ1) is 21.8. The van der Waals surface area contributed by atoms with Crippen molar-refractivity contribution in [1.29, 1.82) is 0 Å². The molecule has 1 fully saturated rings. The number of benzene rings is 2. The zero-order valence-electron chi connectivity index (χ0n) is 17.8. The normalized spacial score (nSPS) is 14.3. The predicted molar refractivity (Wildman–Crippen MR) is 118 cm³/mol. The SMILES string of the molecule is COc1ccc(N2CCN(CCCNC(=O)COc3ccccc3OC)CC2)cc1. The van der Waals surface area contributed by atoms with E-state index in [1.165, 1.54) is 5.69 Å². The largest absolute Gasteiger partial charge is 0.497 e. The van der Waals surface area contributed by atoms with Crippen molar-refractivity contribution in [1.82, 2.24) is 10.2 Å². The molecule has 2 aromatic carbocycles. The molecular weight excluding hydrogens is 382 g/mol. The number of hydrogen-bond acceptors (Lipinski definition) is 6. The summed E-state index contributed by atoms with van der Waals surface area (Å²) in [7, 11) is 3.27. The number of rotatable bonds is 10. The molecular formula is C23H31N3O4. The highest BCUT2D eigenvalue weighted by atomic mass is 16.5. The monoisotopic (exact) mass is 413 g/mol. The maximum absolute atomic E-state index is 12.0. The van der Waals surface area contributed by atoms with Crippen LogP contribution in [-0.2, 0) is 4.79 Å². The second kappa shape index (κ2) is 11.3. The van der Waals surface area contributed by atoms with Crippen molar-refractivity contribution in [3.63, 3.8) is 0 Å². The number of anilines is 1. The Morgan fingerprint density at radius 3 is 2.30 bits per heavy atom. The van der Waals surface area contributed by atoms with Gasteiger partial charge in [-0.05, 0) is 49.4 Å². The van der Waals surface area contributed by atoms with Gasteiger partial charge in [-0.2, -0.15) is 0 Å². The van der Waals surface area contributed by atoms with Gasteiger partial charge in [0.1, 0.15) is 5.75 Å². The number of para-hydroxylation sites is 2. The molecule has 1 N–H and O–H groups in total. The van der Waals surface area contributed by atoms with Crippen molar-refractivity contribution < 1.29 is 19.0 Å². The molecule has 0 bridgehead atoms. The minimum atomic E-state index is -0.120. The molecule has 30 heavy (non-hydrogen) atoms. The van der Waals surface area contributed by atoms with Gasteiger partial charge in [-0.3, -0.25) is 9.69 Å². The van der Waals surface area contributed by atoms with E-state index in [1.54, 1.807) is 20.3 Å². The first-order chi connectivity index (χ1) is 14.7. The number of nitrogens with zero attached hydrogens (tertiary/aromatic N) is 2. The van der Waals surface area contributed by atoms with E-state index >= 15 is 0 Å². The van der Waals surface area contributed by atoms with Crippen LogP contribution in [0.25, 0.3) is 0 Å². The van der Waals surface area contributed by atoms with Crippen LogP contribution in [0.3, 0.4) is 0 Å². The first-order valence-corrected chi connectivity index (χ1v) is 10.3. The number of carbonyl (C=O) groups is 1. The maximum Gasteiger partial charge on any atom is 0.257 e. The molecule has 162 valence electrons. The number of amides is 1. The molecule has 0 unspecified atom stereocenters. The average Bonchev–Trinajstić information content (AvgIpc) is 2.81. The summed E-state index contributed by atoms with van der Waals surface area (Å²) in [6, 6.07) is 15.5. The summed E-state index contributed by atoms with van der Waals surface area (Å²) in [6.07, 6.45) is 0.920. The van der Waals surface area contributed by atoms with Crippen LogP contribution in [0, 0.1) is 0 Å². The van der Waals surface area contributed by atoms with Crippen LogP contribution in [0.1, 0.15) is 6.42 Å². The number of nitrogens with one attached hydrogen (secondary N) is 1. The number of hydrogen-bond donors (Lipinski definition) is 1. The summed E-state index contributed by atoms with van der Waals surface area (Å²) in [5.41, 5.74) is 1.23. The summed E-state index contributed by atoms with van der Waals surface area (Å²) in [4.78, 5) is 16.8. The number of methoxy groups -OCH3 is 2. The molecule has 7 heteroatoms. The highest BCUT2D eigenvalue weighted by Gasteiger charge is 2.17. The quantitative estimate of drug-likeness (QED) is 0.604. The van der Waals surface area contributed by atoms with Crippen LogP contribution in [0.2, 0.25) is 0 Å². The van der Waals surface area contributed by atoms with Gasteiger partial charge in [0.25, 0.3) is 5.91 Å². The average molecular weight is 414 g/mol. The molecule has 2 aromatic rings. The van der Waals surface area contributed by atoms with Gasteiger partial charge in [0.2, 0.25) is 0 Å². The van der Waals surface area contributed by atoms with E-state index in [0.29, 0.717) is 18.0 Å². The van der Waals surface area contributed by atoms with Gasteiger partial charge in [0.15, 0.2) is 18.1 Å². The molecule has 0 aromatic heterocycles. The summed E-state index contributed by atoms with van der Waals surface area (Å²) in [6.45, 7) is 5.67. The lowest BCUT2D eigenvalue weighted by atomic mass is 10.2. The Hall–Kier alpha value is -2.93. The van der Waals surface area contributed by atoms with E-state index in [0.717, 1.165) is 44.9 Å². The topological polar surface area (TPSA) is 63.3 Å². The third kappa shape index (κ3) is 6.29. The molecule has 1 amide bonds. The number of piperazine rings is 1. The lowest BCUT2D eigenvalue weighted by molar-refractivity contribution is -0.123. The zero-order valence-corrected chi connectivity index (χ0v) is 17.8. The molecule has 1 heterocycles. The molecule has 0 spiro atoms. The molecule has 1 aliphatic rings. The van der Waals surface area contributed by atoms with Gasteiger partial charge >= 0.3 is 0 Å². The molecule has 0 radical (unpaired) electrons. The predicted octanol–water partition coefficient (Wildman–Crippen LogP) is 2.41. The van der Waals surface area contributed by atoms with Crippen molar-refractivity contribution in [2.24, 2.45) is 0 Å². The summed E-state index contributed by atoms with van der Waals surface area (Å²) in [5.74, 6) is 1.96. The fourth-order valence-electron chi connectivity index (χ4n) is 3.49. The zero-order chi connectivity index (χ0) is 21.2. The number of carbonyl (C=O) groups excluding carboxylic acids is 1. The van der Waals surface area contributed by atoms with Crippen molar-refractivity contribution >= 4 is 11.6 Å². The van der Waals surface area contributed by atoms with Crippen LogP contribution < -0.4 is 24.4 Å². The molecule has 0 aliphatic carbocycles. The van der Waals surface area contributed by atoms with E-state index in [9.17, 15) is 4.79 Å². The van der Waals surface area contributed by atoms with Gasteiger partial charge < -0.3 is 24.4 Å². The highest BCUT2D eigenvalue weighted by Crippen LogP contribution is 2.25. The van der Waals surface area contributed by atoms with Crippen molar-refractivity contribution in [3.05, 3.63) is 48.5 Å². The van der Waals surface area contributed by atoms with E-state index in [4.69, 9.17) is 14.2 Å². The van der Waals surface area contributed by atoms with Crippen molar-refractivity contribution in [2.45, 2.75) is 6.42 Å².